The summed E-state index contributed by atoms with van der Waals surface area (Å²) in [6, 6.07) is 17.5. The summed E-state index contributed by atoms with van der Waals surface area (Å²) in [5, 5.41) is 2.97. The lowest BCUT2D eigenvalue weighted by Crippen LogP contribution is -2.51. The molecule has 5 nitrogen and oxygen atoms in total. The van der Waals surface area contributed by atoms with E-state index in [1.54, 1.807) is 12.1 Å². The van der Waals surface area contributed by atoms with E-state index in [2.05, 4.69) is 11.4 Å². The third kappa shape index (κ3) is 2.78. The number of carbonyl (C=O) groups is 3. The first-order valence-electron chi connectivity index (χ1n) is 12.0. The number of Topliss-reactive ketones (excluding diaryl/α,β-unsaturated/α-hetero) is 2. The van der Waals surface area contributed by atoms with Crippen molar-refractivity contribution in [2.45, 2.75) is 38.3 Å². The van der Waals surface area contributed by atoms with Crippen LogP contribution in [0.1, 0.15) is 40.9 Å². The number of halogens is 1. The molecule has 3 aromatic carbocycles. The van der Waals surface area contributed by atoms with Gasteiger partial charge in [-0.05, 0) is 62.2 Å². The number of hydrogen-bond acceptors (Lipinski definition) is 4. The summed E-state index contributed by atoms with van der Waals surface area (Å²) in [6.45, 7) is 5.43. The van der Waals surface area contributed by atoms with Crippen LogP contribution in [0.2, 0.25) is 0 Å². The predicted octanol–water partition coefficient (Wildman–Crippen LogP) is 5.09. The fraction of sp³-hybridized carbons (Fsp3) is 0.233. The molecule has 1 spiro atoms. The van der Waals surface area contributed by atoms with E-state index < -0.39 is 35.0 Å². The van der Waals surface area contributed by atoms with Crippen LogP contribution in [0, 0.1) is 18.7 Å². The number of anilines is 2. The lowest BCUT2D eigenvalue weighted by molar-refractivity contribution is -0.122. The maximum atomic E-state index is 15.0. The zero-order valence-corrected chi connectivity index (χ0v) is 20.2. The van der Waals surface area contributed by atoms with Crippen molar-refractivity contribution in [3.63, 3.8) is 0 Å². The molecule has 4 atom stereocenters. The summed E-state index contributed by atoms with van der Waals surface area (Å²) in [5.74, 6) is -2.94. The molecule has 36 heavy (non-hydrogen) atoms. The minimum Gasteiger partial charge on any atom is -0.352 e. The van der Waals surface area contributed by atoms with Crippen molar-refractivity contribution < 1.29 is 18.8 Å². The van der Waals surface area contributed by atoms with Crippen LogP contribution in [0.15, 0.2) is 72.8 Å². The van der Waals surface area contributed by atoms with Crippen LogP contribution in [0.5, 0.6) is 0 Å². The number of benzene rings is 3. The lowest BCUT2D eigenvalue weighted by Gasteiger charge is -2.39. The van der Waals surface area contributed by atoms with E-state index in [0.29, 0.717) is 11.3 Å². The molecule has 6 heteroatoms. The molecule has 3 aliphatic heterocycles. The number of nitrogens with one attached hydrogen (secondary N) is 1. The second kappa shape index (κ2) is 7.72. The van der Waals surface area contributed by atoms with Crippen LogP contribution in [-0.4, -0.2) is 29.6 Å². The first-order chi connectivity index (χ1) is 17.3. The van der Waals surface area contributed by atoms with Gasteiger partial charge in [0.25, 0.3) is 0 Å². The van der Waals surface area contributed by atoms with Crippen molar-refractivity contribution >= 4 is 34.4 Å². The molecule has 1 saturated heterocycles. The van der Waals surface area contributed by atoms with Gasteiger partial charge >= 0.3 is 0 Å². The molecule has 6 rings (SSSR count). The number of fused-ring (bicyclic) bond motifs is 6. The second-order valence-electron chi connectivity index (χ2n) is 9.97. The number of nitrogens with zero attached hydrogens (tertiary/aromatic N) is 1. The Morgan fingerprint density at radius 2 is 1.72 bits per heavy atom. The van der Waals surface area contributed by atoms with E-state index in [0.717, 1.165) is 22.4 Å². The van der Waals surface area contributed by atoms with E-state index >= 15 is 0 Å². The second-order valence-corrected chi connectivity index (χ2v) is 9.97. The lowest BCUT2D eigenvalue weighted by atomic mass is 9.64. The Hall–Kier alpha value is -4.06. The average molecular weight is 481 g/mol. The molecule has 4 unspecified atom stereocenters. The fourth-order valence-corrected chi connectivity index (χ4v) is 6.53. The van der Waals surface area contributed by atoms with Crippen LogP contribution in [0.3, 0.4) is 0 Å². The number of carbonyl (C=O) groups excluding carboxylic acids is 3. The molecule has 0 bridgehead atoms. The highest BCUT2D eigenvalue weighted by molar-refractivity contribution is 6.16. The SMILES string of the molecule is CC(=O)C1C(C(=O)c2ccccc2F)C2(C(=O)Nc3ccccc32)C2C=C(C)c3cc(C)ccc3N12. The number of rotatable bonds is 3. The van der Waals surface area contributed by atoms with Crippen LogP contribution in [0.25, 0.3) is 5.57 Å². The number of allylic oxidation sites excluding steroid dienone is 1. The molecule has 3 heterocycles. The van der Waals surface area contributed by atoms with E-state index in [9.17, 15) is 18.8 Å². The number of ketones is 2. The van der Waals surface area contributed by atoms with Gasteiger partial charge in [-0.3, -0.25) is 14.4 Å². The number of amides is 1. The molecule has 0 radical (unpaired) electrons. The molecule has 1 amide bonds. The highest BCUT2D eigenvalue weighted by Gasteiger charge is 2.70. The Morgan fingerprint density at radius 1 is 1.00 bits per heavy atom. The highest BCUT2D eigenvalue weighted by Crippen LogP contribution is 2.58. The van der Waals surface area contributed by atoms with Gasteiger partial charge in [-0.25, -0.2) is 4.39 Å². The topological polar surface area (TPSA) is 66.5 Å². The number of aryl methyl sites for hydroxylation is 1. The zero-order chi connectivity index (χ0) is 25.4. The van der Waals surface area contributed by atoms with Gasteiger partial charge in [0.2, 0.25) is 5.91 Å². The Bertz CT molecular complexity index is 1510. The Balaban J connectivity index is 1.70. The third-order valence-electron chi connectivity index (χ3n) is 7.97. The van der Waals surface area contributed by atoms with Gasteiger partial charge in [-0.15, -0.1) is 0 Å². The van der Waals surface area contributed by atoms with E-state index in [-0.39, 0.29) is 17.3 Å². The summed E-state index contributed by atoms with van der Waals surface area (Å²) in [7, 11) is 0. The summed E-state index contributed by atoms with van der Waals surface area (Å²) in [4.78, 5) is 43.7. The molecule has 3 aliphatic rings. The minimum atomic E-state index is -1.41. The Kier molecular flexibility index (Phi) is 4.80. The standard InChI is InChI=1S/C30H25FN2O3/c1-16-12-13-24-20(14-16)17(2)15-25-30(21-9-5-7-11-23(21)32-29(30)36)26(27(18(3)34)33(24)25)28(35)19-8-4-6-10-22(19)31/h4-15,25-27H,1-3H3,(H,32,36). The van der Waals surface area contributed by atoms with E-state index in [1.165, 1.54) is 25.1 Å². The Labute approximate surface area is 208 Å². The minimum absolute atomic E-state index is 0.116. The van der Waals surface area contributed by atoms with Gasteiger partial charge in [0.1, 0.15) is 11.2 Å². The maximum Gasteiger partial charge on any atom is 0.238 e. The van der Waals surface area contributed by atoms with Crippen LogP contribution >= 0.6 is 0 Å². The molecule has 1 fully saturated rings. The number of hydrogen-bond donors (Lipinski definition) is 1. The van der Waals surface area contributed by atoms with Crippen LogP contribution in [-0.2, 0) is 15.0 Å². The molecule has 0 aromatic heterocycles. The molecule has 3 aromatic rings. The van der Waals surface area contributed by atoms with E-state index in [1.807, 2.05) is 55.2 Å². The van der Waals surface area contributed by atoms with Gasteiger partial charge in [0.05, 0.1) is 23.6 Å². The van der Waals surface area contributed by atoms with Crippen LogP contribution in [0.4, 0.5) is 15.8 Å². The van der Waals surface area contributed by atoms with Gasteiger partial charge in [-0.1, -0.05) is 48.0 Å². The summed E-state index contributed by atoms with van der Waals surface area (Å²) < 4.78 is 15.0. The maximum absolute atomic E-state index is 15.0. The summed E-state index contributed by atoms with van der Waals surface area (Å²) in [5.41, 5.74) is 3.53. The smallest absolute Gasteiger partial charge is 0.238 e. The van der Waals surface area contributed by atoms with E-state index in [4.69, 9.17) is 0 Å². The van der Waals surface area contributed by atoms with Gasteiger partial charge in [0.15, 0.2) is 11.6 Å². The normalized spacial score (nSPS) is 25.7. The number of para-hydroxylation sites is 1. The van der Waals surface area contributed by atoms with Crippen molar-refractivity contribution in [1.29, 1.82) is 0 Å². The van der Waals surface area contributed by atoms with Crippen molar-refractivity contribution in [2.75, 3.05) is 10.2 Å². The molecular weight excluding hydrogens is 455 g/mol. The molecular formula is C30H25FN2O3. The van der Waals surface area contributed by atoms with Crippen LogP contribution < -0.4 is 10.2 Å². The largest absolute Gasteiger partial charge is 0.352 e. The first kappa shape index (κ1) is 22.4. The molecule has 0 saturated carbocycles. The van der Waals surface area contributed by atoms with Crippen molar-refractivity contribution in [3.8, 4) is 0 Å². The fourth-order valence-electron chi connectivity index (χ4n) is 6.53. The average Bonchev–Trinajstić information content (AvgIpc) is 3.32. The summed E-state index contributed by atoms with van der Waals surface area (Å²) >= 11 is 0. The van der Waals surface area contributed by atoms with Crippen molar-refractivity contribution in [2.24, 2.45) is 5.92 Å². The quantitative estimate of drug-likeness (QED) is 0.531. The van der Waals surface area contributed by atoms with Crippen molar-refractivity contribution in [3.05, 3.63) is 101 Å². The monoisotopic (exact) mass is 480 g/mol. The molecule has 0 aliphatic carbocycles. The zero-order valence-electron chi connectivity index (χ0n) is 20.2. The van der Waals surface area contributed by atoms with Crippen molar-refractivity contribution in [1.82, 2.24) is 0 Å². The molecule has 180 valence electrons. The molecule has 1 N–H and O–H groups in total. The third-order valence-corrected chi connectivity index (χ3v) is 7.97. The first-order valence-corrected chi connectivity index (χ1v) is 12.0. The highest BCUT2D eigenvalue weighted by atomic mass is 19.1. The van der Waals surface area contributed by atoms with Gasteiger partial charge < -0.3 is 10.2 Å². The summed E-state index contributed by atoms with van der Waals surface area (Å²) in [6.07, 6.45) is 1.99. The van der Waals surface area contributed by atoms with Gasteiger partial charge in [-0.2, -0.15) is 0 Å². The predicted molar refractivity (Wildman–Crippen MR) is 137 cm³/mol. The Morgan fingerprint density at radius 3 is 2.47 bits per heavy atom. The van der Waals surface area contributed by atoms with Gasteiger partial charge in [0, 0.05) is 16.9 Å².